The van der Waals surface area contributed by atoms with Crippen molar-refractivity contribution in [2.45, 2.75) is 45.1 Å². The maximum Gasteiger partial charge on any atom is 0.255 e. The number of amides is 1. The van der Waals surface area contributed by atoms with Crippen LogP contribution in [-0.2, 0) is 4.79 Å². The number of carbonyl (C=O) groups excluding carboxylic acids is 2. The average molecular weight is 310 g/mol. The zero-order chi connectivity index (χ0) is 15.4. The molecule has 1 heterocycles. The highest BCUT2D eigenvalue weighted by molar-refractivity contribution is 6.33. The Morgan fingerprint density at radius 3 is 2.81 bits per heavy atom. The first-order valence-electron chi connectivity index (χ1n) is 7.28. The van der Waals surface area contributed by atoms with Gasteiger partial charge < -0.3 is 10.0 Å². The van der Waals surface area contributed by atoms with Crippen molar-refractivity contribution in [1.82, 2.24) is 4.90 Å². The Kier molecular flexibility index (Phi) is 5.23. The fraction of sp³-hybridized carbons (Fsp3) is 0.500. The Bertz CT molecular complexity index is 544. The first-order valence-corrected chi connectivity index (χ1v) is 7.65. The van der Waals surface area contributed by atoms with E-state index in [0.29, 0.717) is 23.6 Å². The van der Waals surface area contributed by atoms with Crippen molar-refractivity contribution >= 4 is 23.3 Å². The zero-order valence-electron chi connectivity index (χ0n) is 12.1. The molecule has 0 spiro atoms. The topological polar surface area (TPSA) is 57.6 Å². The number of aromatic hydroxyl groups is 1. The number of carbonyl (C=O) groups is 2. The lowest BCUT2D eigenvalue weighted by molar-refractivity contribution is -0.118. The van der Waals surface area contributed by atoms with Gasteiger partial charge in [-0.3, -0.25) is 9.59 Å². The lowest BCUT2D eigenvalue weighted by atomic mass is 10.0. The molecule has 1 amide bonds. The molecule has 21 heavy (non-hydrogen) atoms. The molecule has 114 valence electrons. The smallest absolute Gasteiger partial charge is 0.255 e. The molecular formula is C16H20ClNO3. The fourth-order valence-corrected chi connectivity index (χ4v) is 3.02. The van der Waals surface area contributed by atoms with Crippen LogP contribution >= 0.6 is 11.6 Å². The molecule has 1 aromatic carbocycles. The number of benzene rings is 1. The van der Waals surface area contributed by atoms with Crippen molar-refractivity contribution in [3.8, 4) is 5.75 Å². The molecule has 1 saturated heterocycles. The van der Waals surface area contributed by atoms with Gasteiger partial charge in [0.05, 0.1) is 10.6 Å². The zero-order valence-corrected chi connectivity index (χ0v) is 12.9. The van der Waals surface area contributed by atoms with Gasteiger partial charge in [-0.15, -0.1) is 0 Å². The highest BCUT2D eigenvalue weighted by Crippen LogP contribution is 2.27. The average Bonchev–Trinajstić information content (AvgIpc) is 2.65. The van der Waals surface area contributed by atoms with E-state index in [1.54, 1.807) is 11.8 Å². The number of nitrogens with zero attached hydrogens (tertiary/aromatic N) is 1. The minimum absolute atomic E-state index is 0.0145. The second-order valence-electron chi connectivity index (χ2n) is 5.57. The molecule has 1 atom stereocenters. The summed E-state index contributed by atoms with van der Waals surface area (Å²) in [6.45, 7) is 2.18. The van der Waals surface area contributed by atoms with E-state index in [4.69, 9.17) is 11.6 Å². The van der Waals surface area contributed by atoms with Gasteiger partial charge in [-0.1, -0.05) is 24.4 Å². The Hall–Kier alpha value is -1.55. The van der Waals surface area contributed by atoms with Crippen LogP contribution in [0.25, 0.3) is 0 Å². The highest BCUT2D eigenvalue weighted by atomic mass is 35.5. The molecule has 5 heteroatoms. The molecule has 1 aliphatic rings. The van der Waals surface area contributed by atoms with E-state index in [-0.39, 0.29) is 23.5 Å². The van der Waals surface area contributed by atoms with Gasteiger partial charge in [-0.05, 0) is 38.0 Å². The van der Waals surface area contributed by atoms with Gasteiger partial charge in [0.25, 0.3) is 5.91 Å². The Labute approximate surface area is 129 Å². The molecular weight excluding hydrogens is 290 g/mol. The summed E-state index contributed by atoms with van der Waals surface area (Å²) in [5.74, 6) is -0.105. The molecule has 0 saturated carbocycles. The number of rotatable bonds is 3. The highest BCUT2D eigenvalue weighted by Gasteiger charge is 2.28. The predicted octanol–water partition coefficient (Wildman–Crippen LogP) is 3.41. The molecule has 0 bridgehead atoms. The standard InChI is InChI=1S/C16H20ClNO3/c1-11(19)9-12-5-3-2-4-8-18(12)16(21)14-10-13(20)6-7-15(14)17/h6-7,10,12,20H,2-5,8-9H2,1H3. The molecule has 0 aliphatic carbocycles. The Balaban J connectivity index is 2.28. The van der Waals surface area contributed by atoms with E-state index in [1.807, 2.05) is 0 Å². The van der Waals surface area contributed by atoms with Crippen molar-refractivity contribution in [2.75, 3.05) is 6.54 Å². The van der Waals surface area contributed by atoms with Crippen LogP contribution in [0.2, 0.25) is 5.02 Å². The summed E-state index contributed by atoms with van der Waals surface area (Å²) in [6, 6.07) is 4.28. The van der Waals surface area contributed by atoms with E-state index < -0.39 is 0 Å². The third-order valence-electron chi connectivity index (χ3n) is 3.84. The number of halogens is 1. The van der Waals surface area contributed by atoms with E-state index in [2.05, 4.69) is 0 Å². The van der Waals surface area contributed by atoms with Gasteiger partial charge in [-0.25, -0.2) is 0 Å². The SMILES string of the molecule is CC(=O)CC1CCCCCN1C(=O)c1cc(O)ccc1Cl. The minimum Gasteiger partial charge on any atom is -0.508 e. The molecule has 1 fully saturated rings. The second kappa shape index (κ2) is 6.94. The van der Waals surface area contributed by atoms with E-state index in [9.17, 15) is 14.7 Å². The van der Waals surface area contributed by atoms with Gasteiger partial charge >= 0.3 is 0 Å². The third-order valence-corrected chi connectivity index (χ3v) is 4.17. The van der Waals surface area contributed by atoms with Gasteiger partial charge in [0, 0.05) is 19.0 Å². The molecule has 4 nitrogen and oxygen atoms in total. The predicted molar refractivity (Wildman–Crippen MR) is 81.7 cm³/mol. The summed E-state index contributed by atoms with van der Waals surface area (Å²) in [5.41, 5.74) is 0.298. The summed E-state index contributed by atoms with van der Waals surface area (Å²) >= 11 is 6.08. The Morgan fingerprint density at radius 2 is 2.10 bits per heavy atom. The summed E-state index contributed by atoms with van der Waals surface area (Å²) in [6.07, 6.45) is 4.22. The maximum atomic E-state index is 12.7. The second-order valence-corrected chi connectivity index (χ2v) is 5.98. The van der Waals surface area contributed by atoms with Crippen LogP contribution in [-0.4, -0.2) is 34.3 Å². The van der Waals surface area contributed by atoms with Gasteiger partial charge in [-0.2, -0.15) is 0 Å². The monoisotopic (exact) mass is 309 g/mol. The van der Waals surface area contributed by atoms with Crippen molar-refractivity contribution in [3.63, 3.8) is 0 Å². The first-order chi connectivity index (χ1) is 9.99. The number of phenols is 1. The molecule has 0 aromatic heterocycles. The van der Waals surface area contributed by atoms with E-state index >= 15 is 0 Å². The normalized spacial score (nSPS) is 19.1. The lowest BCUT2D eigenvalue weighted by Crippen LogP contribution is -2.41. The Morgan fingerprint density at radius 1 is 1.33 bits per heavy atom. The van der Waals surface area contributed by atoms with Crippen LogP contribution in [0.1, 0.15) is 49.4 Å². The van der Waals surface area contributed by atoms with E-state index in [0.717, 1.165) is 25.7 Å². The molecule has 2 rings (SSSR count). The fourth-order valence-electron chi connectivity index (χ4n) is 2.82. The van der Waals surface area contributed by atoms with Crippen LogP contribution in [0, 0.1) is 0 Å². The largest absolute Gasteiger partial charge is 0.508 e. The van der Waals surface area contributed by atoms with E-state index in [1.165, 1.54) is 18.2 Å². The van der Waals surface area contributed by atoms with Crippen LogP contribution in [0.3, 0.4) is 0 Å². The van der Waals surface area contributed by atoms with Crippen LogP contribution in [0.4, 0.5) is 0 Å². The number of Topliss-reactive ketones (excluding diaryl/α,β-unsaturated/α-hetero) is 1. The van der Waals surface area contributed by atoms with Gasteiger partial charge in [0.1, 0.15) is 11.5 Å². The summed E-state index contributed by atoms with van der Waals surface area (Å²) in [7, 11) is 0. The van der Waals surface area contributed by atoms with Gasteiger partial charge in [0.2, 0.25) is 0 Å². The minimum atomic E-state index is -0.205. The molecule has 0 radical (unpaired) electrons. The maximum absolute atomic E-state index is 12.7. The number of hydrogen-bond donors (Lipinski definition) is 1. The van der Waals surface area contributed by atoms with Crippen LogP contribution in [0.15, 0.2) is 18.2 Å². The lowest BCUT2D eigenvalue weighted by Gasteiger charge is -2.30. The quantitative estimate of drug-likeness (QED) is 0.931. The summed E-state index contributed by atoms with van der Waals surface area (Å²) in [5, 5.41) is 9.89. The van der Waals surface area contributed by atoms with Crippen molar-refractivity contribution < 1.29 is 14.7 Å². The molecule has 1 aliphatic heterocycles. The third kappa shape index (κ3) is 3.97. The van der Waals surface area contributed by atoms with Crippen molar-refractivity contribution in [1.29, 1.82) is 0 Å². The summed E-state index contributed by atoms with van der Waals surface area (Å²) < 4.78 is 0. The first kappa shape index (κ1) is 15.8. The number of likely N-dealkylation sites (tertiary alicyclic amines) is 1. The molecule has 1 unspecified atom stereocenters. The number of hydrogen-bond acceptors (Lipinski definition) is 3. The molecule has 1 N–H and O–H groups in total. The van der Waals surface area contributed by atoms with Crippen molar-refractivity contribution in [2.24, 2.45) is 0 Å². The summed E-state index contributed by atoms with van der Waals surface area (Å²) in [4.78, 5) is 25.9. The van der Waals surface area contributed by atoms with Gasteiger partial charge in [0.15, 0.2) is 0 Å². The number of ketones is 1. The van der Waals surface area contributed by atoms with Crippen molar-refractivity contribution in [3.05, 3.63) is 28.8 Å². The molecule has 1 aromatic rings. The van der Waals surface area contributed by atoms with Crippen LogP contribution in [0.5, 0.6) is 5.75 Å². The van der Waals surface area contributed by atoms with Crippen LogP contribution < -0.4 is 0 Å². The number of phenolic OH excluding ortho intramolecular Hbond substituents is 1.